The summed E-state index contributed by atoms with van der Waals surface area (Å²) < 4.78 is 4.98. The Labute approximate surface area is 146 Å². The van der Waals surface area contributed by atoms with Gasteiger partial charge in [0.05, 0.1) is 7.11 Å². The lowest BCUT2D eigenvalue weighted by Crippen LogP contribution is -2.44. The Kier molecular flexibility index (Phi) is 4.53. The van der Waals surface area contributed by atoms with Gasteiger partial charge in [-0.15, -0.1) is 0 Å². The van der Waals surface area contributed by atoms with Gasteiger partial charge in [0, 0.05) is 17.5 Å². The van der Waals surface area contributed by atoms with E-state index >= 15 is 0 Å². The normalized spacial score (nSPS) is 20.0. The molecule has 0 heterocycles. The van der Waals surface area contributed by atoms with E-state index in [1.807, 2.05) is 18.2 Å². The van der Waals surface area contributed by atoms with Crippen LogP contribution in [0.5, 0.6) is 0 Å². The molecule has 2 aromatic rings. The third-order valence-electron chi connectivity index (χ3n) is 5.11. The molecule has 0 fully saturated rings. The largest absolute Gasteiger partial charge is 0.468 e. The maximum Gasteiger partial charge on any atom is 0.320 e. The molecule has 2 atom stereocenters. The molecule has 0 aliphatic heterocycles. The number of hydrogen-bond donors (Lipinski definition) is 0. The molecular weight excluding hydrogens is 316 g/mol. The Morgan fingerprint density at radius 1 is 1.08 bits per heavy atom. The lowest BCUT2D eigenvalue weighted by molar-refractivity contribution is -0.151. The van der Waals surface area contributed by atoms with Crippen LogP contribution in [0, 0.1) is 11.3 Å². The SMILES string of the molecule is COC(=O)C1(C(C)CC(=O)c2ccccc2)Cc2ccccc2C1=O. The Morgan fingerprint density at radius 2 is 1.72 bits per heavy atom. The summed E-state index contributed by atoms with van der Waals surface area (Å²) in [5.41, 5.74) is 0.629. The number of Topliss-reactive ketones (excluding diaryl/α,β-unsaturated/α-hetero) is 2. The Bertz CT molecular complexity index is 825. The summed E-state index contributed by atoms with van der Waals surface area (Å²) in [6.45, 7) is 1.78. The van der Waals surface area contributed by atoms with Gasteiger partial charge >= 0.3 is 5.97 Å². The summed E-state index contributed by atoms with van der Waals surface area (Å²) in [7, 11) is 1.28. The van der Waals surface area contributed by atoms with Crippen LogP contribution in [0.3, 0.4) is 0 Å². The molecule has 0 spiro atoms. The summed E-state index contributed by atoms with van der Waals surface area (Å²) in [5, 5.41) is 0. The summed E-state index contributed by atoms with van der Waals surface area (Å²) in [6, 6.07) is 16.1. The molecule has 3 rings (SSSR count). The third-order valence-corrected chi connectivity index (χ3v) is 5.11. The first kappa shape index (κ1) is 17.1. The first-order valence-electron chi connectivity index (χ1n) is 8.30. The number of ketones is 2. The van der Waals surface area contributed by atoms with Crippen LogP contribution in [0.4, 0.5) is 0 Å². The number of esters is 1. The van der Waals surface area contributed by atoms with Gasteiger partial charge in [0.2, 0.25) is 0 Å². The van der Waals surface area contributed by atoms with Crippen molar-refractivity contribution in [3.63, 3.8) is 0 Å². The number of carbonyl (C=O) groups excluding carboxylic acids is 3. The molecule has 2 unspecified atom stereocenters. The highest BCUT2D eigenvalue weighted by molar-refractivity contribution is 6.16. The number of rotatable bonds is 5. The number of ether oxygens (including phenoxy) is 1. The van der Waals surface area contributed by atoms with Crippen molar-refractivity contribution in [3.8, 4) is 0 Å². The maximum absolute atomic E-state index is 13.1. The van der Waals surface area contributed by atoms with Crippen molar-refractivity contribution >= 4 is 17.5 Å². The van der Waals surface area contributed by atoms with Crippen LogP contribution in [-0.4, -0.2) is 24.6 Å². The number of benzene rings is 2. The van der Waals surface area contributed by atoms with Crippen LogP contribution in [0.1, 0.15) is 39.6 Å². The molecule has 0 N–H and O–H groups in total. The minimum absolute atomic E-state index is 0.0832. The third kappa shape index (κ3) is 2.78. The van der Waals surface area contributed by atoms with Crippen molar-refractivity contribution in [2.75, 3.05) is 7.11 Å². The predicted molar refractivity (Wildman–Crippen MR) is 93.5 cm³/mol. The predicted octanol–water partition coefficient (Wildman–Crippen LogP) is 3.49. The summed E-state index contributed by atoms with van der Waals surface area (Å²) in [5.74, 6) is -1.36. The van der Waals surface area contributed by atoms with Crippen molar-refractivity contribution in [1.29, 1.82) is 0 Å². The molecule has 25 heavy (non-hydrogen) atoms. The van der Waals surface area contributed by atoms with Gasteiger partial charge in [-0.2, -0.15) is 0 Å². The number of fused-ring (bicyclic) bond motifs is 1. The minimum atomic E-state index is -1.33. The van der Waals surface area contributed by atoms with E-state index in [1.54, 1.807) is 43.3 Å². The van der Waals surface area contributed by atoms with E-state index in [9.17, 15) is 14.4 Å². The lowest BCUT2D eigenvalue weighted by atomic mass is 9.70. The smallest absolute Gasteiger partial charge is 0.320 e. The minimum Gasteiger partial charge on any atom is -0.468 e. The van der Waals surface area contributed by atoms with E-state index in [-0.39, 0.29) is 24.4 Å². The molecule has 0 amide bonds. The molecule has 0 bridgehead atoms. The highest BCUT2D eigenvalue weighted by Gasteiger charge is 2.56. The molecule has 0 aromatic heterocycles. The van der Waals surface area contributed by atoms with Gasteiger partial charge in [-0.25, -0.2) is 0 Å². The first-order chi connectivity index (χ1) is 12.0. The van der Waals surface area contributed by atoms with E-state index in [0.29, 0.717) is 11.1 Å². The molecule has 0 saturated heterocycles. The lowest BCUT2D eigenvalue weighted by Gasteiger charge is -2.30. The van der Waals surface area contributed by atoms with Gasteiger partial charge in [-0.05, 0) is 17.9 Å². The fourth-order valence-electron chi connectivity index (χ4n) is 3.66. The Balaban J connectivity index is 1.94. The molecule has 0 saturated carbocycles. The van der Waals surface area contributed by atoms with Gasteiger partial charge in [0.25, 0.3) is 0 Å². The fraction of sp³-hybridized carbons (Fsp3) is 0.286. The van der Waals surface area contributed by atoms with E-state index in [0.717, 1.165) is 5.56 Å². The van der Waals surface area contributed by atoms with Gasteiger partial charge < -0.3 is 4.74 Å². The van der Waals surface area contributed by atoms with E-state index in [1.165, 1.54) is 7.11 Å². The number of hydrogen-bond acceptors (Lipinski definition) is 4. The number of methoxy groups -OCH3 is 1. The molecule has 1 aliphatic rings. The van der Waals surface area contributed by atoms with Gasteiger partial charge in [-0.1, -0.05) is 61.5 Å². The topological polar surface area (TPSA) is 60.4 Å². The summed E-state index contributed by atoms with van der Waals surface area (Å²) >= 11 is 0. The zero-order valence-corrected chi connectivity index (χ0v) is 14.3. The van der Waals surface area contributed by atoms with Crippen LogP contribution in [0.25, 0.3) is 0 Å². The van der Waals surface area contributed by atoms with Crippen LogP contribution in [0.2, 0.25) is 0 Å². The molecule has 2 aromatic carbocycles. The van der Waals surface area contributed by atoms with Crippen LogP contribution < -0.4 is 0 Å². The van der Waals surface area contributed by atoms with Crippen molar-refractivity contribution in [1.82, 2.24) is 0 Å². The summed E-state index contributed by atoms with van der Waals surface area (Å²) in [4.78, 5) is 38.3. The molecule has 4 nitrogen and oxygen atoms in total. The second kappa shape index (κ2) is 6.63. The Morgan fingerprint density at radius 3 is 2.36 bits per heavy atom. The highest BCUT2D eigenvalue weighted by Crippen LogP contribution is 2.45. The van der Waals surface area contributed by atoms with E-state index in [4.69, 9.17) is 4.74 Å². The van der Waals surface area contributed by atoms with Gasteiger partial charge in [0.15, 0.2) is 11.6 Å². The quantitative estimate of drug-likeness (QED) is 0.476. The molecule has 0 radical (unpaired) electrons. The summed E-state index contributed by atoms with van der Waals surface area (Å²) in [6.07, 6.45) is 0.386. The van der Waals surface area contributed by atoms with E-state index in [2.05, 4.69) is 0 Å². The van der Waals surface area contributed by atoms with Crippen molar-refractivity contribution in [2.45, 2.75) is 19.8 Å². The van der Waals surface area contributed by atoms with Crippen molar-refractivity contribution in [3.05, 3.63) is 71.3 Å². The molecule has 128 valence electrons. The molecule has 1 aliphatic carbocycles. The van der Waals surface area contributed by atoms with Crippen LogP contribution >= 0.6 is 0 Å². The van der Waals surface area contributed by atoms with Crippen molar-refractivity contribution < 1.29 is 19.1 Å². The fourth-order valence-corrected chi connectivity index (χ4v) is 3.66. The van der Waals surface area contributed by atoms with Crippen LogP contribution in [0.15, 0.2) is 54.6 Å². The van der Waals surface area contributed by atoms with Gasteiger partial charge in [0.1, 0.15) is 5.41 Å². The molecular formula is C21H20O4. The molecule has 4 heteroatoms. The van der Waals surface area contributed by atoms with Crippen LogP contribution in [-0.2, 0) is 16.0 Å². The van der Waals surface area contributed by atoms with Crippen molar-refractivity contribution in [2.24, 2.45) is 11.3 Å². The zero-order valence-electron chi connectivity index (χ0n) is 14.3. The average Bonchev–Trinajstić information content (AvgIpc) is 2.96. The second-order valence-electron chi connectivity index (χ2n) is 6.52. The standard InChI is InChI=1S/C21H20O4/c1-14(12-18(22)15-8-4-3-5-9-15)21(20(24)25-2)13-16-10-6-7-11-17(16)19(21)23/h3-11,14H,12-13H2,1-2H3. The zero-order chi connectivity index (χ0) is 18.0. The first-order valence-corrected chi connectivity index (χ1v) is 8.30. The maximum atomic E-state index is 13.1. The Hall–Kier alpha value is -2.75. The number of carbonyl (C=O) groups is 3. The average molecular weight is 336 g/mol. The monoisotopic (exact) mass is 336 g/mol. The van der Waals surface area contributed by atoms with Gasteiger partial charge in [-0.3, -0.25) is 14.4 Å². The highest BCUT2D eigenvalue weighted by atomic mass is 16.5. The second-order valence-corrected chi connectivity index (χ2v) is 6.52. The van der Waals surface area contributed by atoms with E-state index < -0.39 is 17.3 Å².